The van der Waals surface area contributed by atoms with Crippen LogP contribution in [-0.4, -0.2) is 36.1 Å². The number of aromatic nitrogens is 2. The highest BCUT2D eigenvalue weighted by Crippen LogP contribution is 2.25. The summed E-state index contributed by atoms with van der Waals surface area (Å²) in [6.45, 7) is 2.82. The Morgan fingerprint density at radius 3 is 2.55 bits per heavy atom. The molecule has 1 saturated heterocycles. The van der Waals surface area contributed by atoms with Crippen LogP contribution < -0.4 is 9.80 Å². The van der Waals surface area contributed by atoms with Gasteiger partial charge in [0.25, 0.3) is 0 Å². The van der Waals surface area contributed by atoms with Crippen molar-refractivity contribution in [2.24, 2.45) is 0 Å². The van der Waals surface area contributed by atoms with Crippen LogP contribution in [0.4, 0.5) is 16.0 Å². The molecule has 0 saturated carbocycles. The number of rotatable bonds is 2. The summed E-state index contributed by atoms with van der Waals surface area (Å²) in [7, 11) is 0. The third-order valence-corrected chi connectivity index (χ3v) is 3.83. The molecule has 0 atom stereocenters. The molecule has 0 unspecified atom stereocenters. The van der Waals surface area contributed by atoms with E-state index in [9.17, 15) is 4.39 Å². The standard InChI is InChI=1S/C15H13ClFN5/c16-12-8-11(9-18)10-19-15(12)22-6-4-21(5-7-22)14-3-1-2-13(17)20-14/h1-3,8,10H,4-7H2. The second kappa shape index (κ2) is 6.16. The molecule has 2 aromatic heterocycles. The van der Waals surface area contributed by atoms with Crippen LogP contribution in [-0.2, 0) is 0 Å². The van der Waals surface area contributed by atoms with Gasteiger partial charge in [0, 0.05) is 32.4 Å². The van der Waals surface area contributed by atoms with Crippen molar-refractivity contribution in [3.63, 3.8) is 0 Å². The van der Waals surface area contributed by atoms with Crippen LogP contribution in [0, 0.1) is 17.3 Å². The van der Waals surface area contributed by atoms with Crippen LogP contribution in [0.25, 0.3) is 0 Å². The summed E-state index contributed by atoms with van der Waals surface area (Å²) >= 11 is 6.18. The van der Waals surface area contributed by atoms with E-state index in [4.69, 9.17) is 16.9 Å². The summed E-state index contributed by atoms with van der Waals surface area (Å²) in [5.74, 6) is 0.836. The molecule has 0 radical (unpaired) electrons. The maximum atomic E-state index is 13.2. The topological polar surface area (TPSA) is 56.1 Å². The number of pyridine rings is 2. The Hall–Kier alpha value is -2.39. The van der Waals surface area contributed by atoms with E-state index < -0.39 is 5.95 Å². The Labute approximate surface area is 132 Å². The summed E-state index contributed by atoms with van der Waals surface area (Å²) < 4.78 is 13.2. The van der Waals surface area contributed by atoms with Crippen molar-refractivity contribution in [1.29, 1.82) is 5.26 Å². The van der Waals surface area contributed by atoms with Crippen molar-refractivity contribution in [1.82, 2.24) is 9.97 Å². The van der Waals surface area contributed by atoms with Gasteiger partial charge in [-0.05, 0) is 18.2 Å². The van der Waals surface area contributed by atoms with Crippen molar-refractivity contribution >= 4 is 23.2 Å². The molecule has 0 spiro atoms. The van der Waals surface area contributed by atoms with Crippen LogP contribution in [0.3, 0.4) is 0 Å². The SMILES string of the molecule is N#Cc1cnc(N2CCN(c3cccc(F)n3)CC2)c(Cl)c1. The summed E-state index contributed by atoms with van der Waals surface area (Å²) in [6.07, 6.45) is 1.52. The van der Waals surface area contributed by atoms with Crippen LogP contribution in [0.2, 0.25) is 5.02 Å². The van der Waals surface area contributed by atoms with E-state index in [-0.39, 0.29) is 0 Å². The van der Waals surface area contributed by atoms with Gasteiger partial charge in [-0.15, -0.1) is 0 Å². The molecule has 112 valence electrons. The quantitative estimate of drug-likeness (QED) is 0.796. The Balaban J connectivity index is 1.71. The average molecular weight is 318 g/mol. The van der Waals surface area contributed by atoms with E-state index in [1.54, 1.807) is 18.2 Å². The van der Waals surface area contributed by atoms with E-state index in [0.29, 0.717) is 48.4 Å². The average Bonchev–Trinajstić information content (AvgIpc) is 2.55. The number of hydrogen-bond acceptors (Lipinski definition) is 5. The third-order valence-electron chi connectivity index (χ3n) is 3.55. The largest absolute Gasteiger partial charge is 0.353 e. The van der Waals surface area contributed by atoms with Crippen molar-refractivity contribution in [3.05, 3.63) is 47.0 Å². The lowest BCUT2D eigenvalue weighted by Crippen LogP contribution is -2.47. The van der Waals surface area contributed by atoms with Crippen LogP contribution in [0.1, 0.15) is 5.56 Å². The Kier molecular flexibility index (Phi) is 4.07. The smallest absolute Gasteiger partial charge is 0.214 e. The lowest BCUT2D eigenvalue weighted by atomic mass is 10.2. The van der Waals surface area contributed by atoms with Gasteiger partial charge in [0.2, 0.25) is 5.95 Å². The number of anilines is 2. The Morgan fingerprint density at radius 2 is 1.91 bits per heavy atom. The first-order valence-corrected chi connectivity index (χ1v) is 7.23. The molecular formula is C15H13ClFN5. The van der Waals surface area contributed by atoms with E-state index in [0.717, 1.165) is 0 Å². The molecule has 0 aliphatic carbocycles. The predicted molar refractivity (Wildman–Crippen MR) is 82.6 cm³/mol. The zero-order valence-corrected chi connectivity index (χ0v) is 12.5. The summed E-state index contributed by atoms with van der Waals surface area (Å²) in [5.41, 5.74) is 0.441. The molecule has 1 aliphatic rings. The Bertz CT molecular complexity index is 722. The van der Waals surface area contributed by atoms with E-state index in [2.05, 4.69) is 14.9 Å². The molecule has 1 fully saturated rings. The molecule has 5 nitrogen and oxygen atoms in total. The zero-order valence-electron chi connectivity index (χ0n) is 11.7. The monoisotopic (exact) mass is 317 g/mol. The first-order valence-electron chi connectivity index (χ1n) is 6.85. The van der Waals surface area contributed by atoms with Crippen LogP contribution in [0.5, 0.6) is 0 Å². The van der Waals surface area contributed by atoms with Crippen molar-refractivity contribution in [2.75, 3.05) is 36.0 Å². The van der Waals surface area contributed by atoms with E-state index in [1.807, 2.05) is 11.0 Å². The predicted octanol–water partition coefficient (Wildman–Crippen LogP) is 2.47. The lowest BCUT2D eigenvalue weighted by Gasteiger charge is -2.36. The second-order valence-electron chi connectivity index (χ2n) is 4.93. The maximum absolute atomic E-state index is 13.2. The molecule has 0 bridgehead atoms. The van der Waals surface area contributed by atoms with E-state index in [1.165, 1.54) is 12.3 Å². The van der Waals surface area contributed by atoms with Crippen molar-refractivity contribution in [2.45, 2.75) is 0 Å². The highest BCUT2D eigenvalue weighted by molar-refractivity contribution is 6.33. The van der Waals surface area contributed by atoms with Gasteiger partial charge in [0.05, 0.1) is 10.6 Å². The van der Waals surface area contributed by atoms with Gasteiger partial charge in [0.1, 0.15) is 17.7 Å². The molecule has 0 aromatic carbocycles. The lowest BCUT2D eigenvalue weighted by molar-refractivity contribution is 0.574. The molecule has 0 amide bonds. The van der Waals surface area contributed by atoms with Gasteiger partial charge in [-0.2, -0.15) is 9.65 Å². The first kappa shape index (κ1) is 14.5. The molecule has 0 N–H and O–H groups in total. The maximum Gasteiger partial charge on any atom is 0.214 e. The number of piperazine rings is 1. The van der Waals surface area contributed by atoms with Gasteiger partial charge in [-0.25, -0.2) is 9.97 Å². The number of nitriles is 1. The fraction of sp³-hybridized carbons (Fsp3) is 0.267. The first-order chi connectivity index (χ1) is 10.7. The van der Waals surface area contributed by atoms with Crippen LogP contribution in [0.15, 0.2) is 30.5 Å². The number of hydrogen-bond donors (Lipinski definition) is 0. The molecule has 22 heavy (non-hydrogen) atoms. The number of halogens is 2. The summed E-state index contributed by atoms with van der Waals surface area (Å²) in [5, 5.41) is 9.31. The molecule has 3 rings (SSSR count). The minimum atomic E-state index is -0.475. The van der Waals surface area contributed by atoms with E-state index >= 15 is 0 Å². The highest BCUT2D eigenvalue weighted by atomic mass is 35.5. The van der Waals surface area contributed by atoms with Crippen molar-refractivity contribution < 1.29 is 4.39 Å². The fourth-order valence-corrected chi connectivity index (χ4v) is 2.73. The van der Waals surface area contributed by atoms with Crippen molar-refractivity contribution in [3.8, 4) is 6.07 Å². The highest BCUT2D eigenvalue weighted by Gasteiger charge is 2.21. The minimum Gasteiger partial charge on any atom is -0.353 e. The number of nitrogens with zero attached hydrogens (tertiary/aromatic N) is 5. The van der Waals surface area contributed by atoms with Gasteiger partial charge in [-0.1, -0.05) is 17.7 Å². The van der Waals surface area contributed by atoms with Gasteiger partial charge in [0.15, 0.2) is 0 Å². The third kappa shape index (κ3) is 2.95. The molecule has 7 heteroatoms. The molecule has 2 aromatic rings. The molecule has 3 heterocycles. The summed E-state index contributed by atoms with van der Waals surface area (Å²) in [6, 6.07) is 8.42. The zero-order chi connectivity index (χ0) is 15.5. The van der Waals surface area contributed by atoms with Crippen LogP contribution >= 0.6 is 11.6 Å². The fourth-order valence-electron chi connectivity index (χ4n) is 2.45. The van der Waals surface area contributed by atoms with Gasteiger partial charge < -0.3 is 9.80 Å². The molecule has 1 aliphatic heterocycles. The molecular weight excluding hydrogens is 305 g/mol. The minimum absolute atomic E-state index is 0.441. The second-order valence-corrected chi connectivity index (χ2v) is 5.34. The van der Waals surface area contributed by atoms with Gasteiger partial charge in [-0.3, -0.25) is 0 Å². The normalized spacial score (nSPS) is 14.8. The van der Waals surface area contributed by atoms with Gasteiger partial charge >= 0.3 is 0 Å². The Morgan fingerprint density at radius 1 is 1.18 bits per heavy atom. The summed E-state index contributed by atoms with van der Waals surface area (Å²) in [4.78, 5) is 12.2.